The van der Waals surface area contributed by atoms with Crippen molar-refractivity contribution in [3.05, 3.63) is 0 Å². The van der Waals surface area contributed by atoms with E-state index in [4.69, 9.17) is 0 Å². The van der Waals surface area contributed by atoms with Gasteiger partial charge in [-0.05, 0) is 0 Å². The van der Waals surface area contributed by atoms with E-state index >= 15 is 0 Å². The van der Waals surface area contributed by atoms with Crippen LogP contribution in [0.25, 0.3) is 0 Å². The Kier molecular flexibility index (Phi) is 4.19. The van der Waals surface area contributed by atoms with E-state index in [1.165, 1.54) is 0 Å². The van der Waals surface area contributed by atoms with Gasteiger partial charge in [-0.3, -0.25) is 4.79 Å². The molecule has 0 radical (unpaired) electrons. The predicted octanol–water partition coefficient (Wildman–Crippen LogP) is 0.0197. The average molecular weight is 150 g/mol. The highest BCUT2D eigenvalue weighted by Gasteiger charge is 2.00. The Morgan fingerprint density at radius 3 is 2.40 bits per heavy atom. The summed E-state index contributed by atoms with van der Waals surface area (Å²) in [6.45, 7) is -0.567. The maximum absolute atomic E-state index is 11.3. The van der Waals surface area contributed by atoms with Crippen LogP contribution in [-0.2, 0) is 19.1 Å². The summed E-state index contributed by atoms with van der Waals surface area (Å²) in [7, 11) is 0. The van der Waals surface area contributed by atoms with Crippen LogP contribution in [0.15, 0.2) is 0 Å². The summed E-state index contributed by atoms with van der Waals surface area (Å²) in [6.07, 6.45) is 0. The van der Waals surface area contributed by atoms with Gasteiger partial charge in [-0.15, -0.1) is 0 Å². The molecule has 58 valence electrons. The van der Waals surface area contributed by atoms with Gasteiger partial charge in [0.25, 0.3) is 0 Å². The number of hydrogen-bond donors (Lipinski definition) is 0. The molecule has 0 amide bonds. The molecule has 0 fully saturated rings. The molecular formula is C5H7FO4. The molecule has 0 spiro atoms. The van der Waals surface area contributed by atoms with Gasteiger partial charge >= 0.3 is 11.9 Å². The number of halogens is 1. The van der Waals surface area contributed by atoms with Gasteiger partial charge < -0.3 is 9.47 Å². The van der Waals surface area contributed by atoms with Crippen LogP contribution in [0, 0.1) is 0 Å². The van der Waals surface area contributed by atoms with Gasteiger partial charge in [0, 0.05) is 6.92 Å². The maximum atomic E-state index is 11.3. The first-order valence-electron chi connectivity index (χ1n) is 2.51. The van der Waals surface area contributed by atoms with E-state index in [1.807, 2.05) is 0 Å². The molecule has 0 aliphatic heterocycles. The molecule has 4 nitrogen and oxygen atoms in total. The van der Waals surface area contributed by atoms with Crippen LogP contribution in [0.5, 0.6) is 0 Å². The Labute approximate surface area is 56.9 Å². The van der Waals surface area contributed by atoms with E-state index in [0.717, 1.165) is 6.92 Å². The SMILES string of the molecule is CC(=O)OCOC(=O)CF. The topological polar surface area (TPSA) is 52.6 Å². The Balaban J connectivity index is 3.20. The first kappa shape index (κ1) is 8.87. The minimum atomic E-state index is -1.21. The molecule has 0 aromatic rings. The number of esters is 2. The van der Waals surface area contributed by atoms with Gasteiger partial charge in [0.2, 0.25) is 6.79 Å². The van der Waals surface area contributed by atoms with Gasteiger partial charge in [0.1, 0.15) is 0 Å². The number of ether oxygens (including phenoxy) is 2. The number of alkyl halides is 1. The third-order valence-corrected chi connectivity index (χ3v) is 0.591. The molecule has 0 atom stereocenters. The van der Waals surface area contributed by atoms with Crippen molar-refractivity contribution in [1.29, 1.82) is 0 Å². The van der Waals surface area contributed by atoms with Crippen LogP contribution in [0.1, 0.15) is 6.92 Å². The van der Waals surface area contributed by atoms with Crippen molar-refractivity contribution in [1.82, 2.24) is 0 Å². The minimum Gasteiger partial charge on any atom is -0.428 e. The quantitative estimate of drug-likeness (QED) is 0.420. The first-order valence-corrected chi connectivity index (χ1v) is 2.51. The van der Waals surface area contributed by atoms with Crippen molar-refractivity contribution in [2.24, 2.45) is 0 Å². The number of rotatable bonds is 3. The van der Waals surface area contributed by atoms with Gasteiger partial charge in [0.05, 0.1) is 0 Å². The van der Waals surface area contributed by atoms with Crippen LogP contribution in [0.4, 0.5) is 4.39 Å². The minimum absolute atomic E-state index is 0.516. The Morgan fingerprint density at radius 2 is 2.00 bits per heavy atom. The predicted molar refractivity (Wildman–Crippen MR) is 28.7 cm³/mol. The smallest absolute Gasteiger partial charge is 0.340 e. The molecule has 0 aromatic heterocycles. The first-order chi connectivity index (χ1) is 4.66. The van der Waals surface area contributed by atoms with Gasteiger partial charge in [-0.2, -0.15) is 0 Å². The van der Waals surface area contributed by atoms with E-state index in [-0.39, 0.29) is 0 Å². The maximum Gasteiger partial charge on any atom is 0.340 e. The van der Waals surface area contributed by atoms with Crippen LogP contribution in [0.3, 0.4) is 0 Å². The fraction of sp³-hybridized carbons (Fsp3) is 0.600. The Morgan fingerprint density at radius 1 is 1.40 bits per heavy atom. The Bertz CT molecular complexity index is 134. The lowest BCUT2D eigenvalue weighted by molar-refractivity contribution is -0.166. The molecule has 0 heterocycles. The Hall–Kier alpha value is -1.13. The second kappa shape index (κ2) is 4.72. The molecule has 0 aromatic carbocycles. The molecule has 0 saturated heterocycles. The summed E-state index contributed by atoms with van der Waals surface area (Å²) < 4.78 is 19.5. The second-order valence-corrected chi connectivity index (χ2v) is 1.40. The summed E-state index contributed by atoms with van der Waals surface area (Å²) in [4.78, 5) is 20.0. The van der Waals surface area contributed by atoms with E-state index in [9.17, 15) is 14.0 Å². The lowest BCUT2D eigenvalue weighted by Crippen LogP contribution is -2.11. The normalized spacial score (nSPS) is 8.60. The summed E-state index contributed by atoms with van der Waals surface area (Å²) in [5.41, 5.74) is 0. The molecule has 0 rings (SSSR count). The zero-order valence-corrected chi connectivity index (χ0v) is 5.43. The van der Waals surface area contributed by atoms with Crippen LogP contribution in [-0.4, -0.2) is 25.4 Å². The monoisotopic (exact) mass is 150 g/mol. The van der Waals surface area contributed by atoms with E-state index in [1.54, 1.807) is 0 Å². The number of carbonyl (C=O) groups is 2. The fourth-order valence-corrected chi connectivity index (χ4v) is 0.217. The second-order valence-electron chi connectivity index (χ2n) is 1.40. The van der Waals surface area contributed by atoms with Crippen molar-refractivity contribution in [3.8, 4) is 0 Å². The average Bonchev–Trinajstić information content (AvgIpc) is 1.87. The summed E-state index contributed by atoms with van der Waals surface area (Å²) >= 11 is 0. The van der Waals surface area contributed by atoms with Crippen molar-refractivity contribution in [2.75, 3.05) is 13.5 Å². The lowest BCUT2D eigenvalue weighted by atomic mass is 10.8. The molecule has 0 bridgehead atoms. The lowest BCUT2D eigenvalue weighted by Gasteiger charge is -2.00. The molecule has 10 heavy (non-hydrogen) atoms. The van der Waals surface area contributed by atoms with Crippen LogP contribution >= 0.6 is 0 Å². The standard InChI is InChI=1S/C5H7FO4/c1-4(7)9-3-10-5(8)2-6/h2-3H2,1H3. The van der Waals surface area contributed by atoms with Crippen molar-refractivity contribution >= 4 is 11.9 Å². The summed E-state index contributed by atoms with van der Waals surface area (Å²) in [5, 5.41) is 0. The molecule has 0 saturated carbocycles. The fourth-order valence-electron chi connectivity index (χ4n) is 0.217. The highest BCUT2D eigenvalue weighted by molar-refractivity contribution is 5.70. The van der Waals surface area contributed by atoms with E-state index < -0.39 is 25.4 Å². The molecule has 0 unspecified atom stereocenters. The third-order valence-electron chi connectivity index (χ3n) is 0.591. The molecule has 0 aliphatic carbocycles. The molecule has 0 N–H and O–H groups in total. The van der Waals surface area contributed by atoms with Crippen molar-refractivity contribution in [2.45, 2.75) is 6.92 Å². The zero-order valence-electron chi connectivity index (χ0n) is 5.43. The zero-order chi connectivity index (χ0) is 7.98. The van der Waals surface area contributed by atoms with Gasteiger partial charge in [0.15, 0.2) is 6.67 Å². The van der Waals surface area contributed by atoms with E-state index in [0.29, 0.717) is 0 Å². The largest absolute Gasteiger partial charge is 0.428 e. The van der Waals surface area contributed by atoms with Crippen LogP contribution < -0.4 is 0 Å². The van der Waals surface area contributed by atoms with Crippen molar-refractivity contribution < 1.29 is 23.5 Å². The highest BCUT2D eigenvalue weighted by atomic mass is 19.1. The number of carbonyl (C=O) groups excluding carboxylic acids is 2. The molecular weight excluding hydrogens is 143 g/mol. The summed E-state index contributed by atoms with van der Waals surface area (Å²) in [6, 6.07) is 0. The summed E-state index contributed by atoms with van der Waals surface area (Å²) in [5.74, 6) is -1.62. The van der Waals surface area contributed by atoms with Crippen molar-refractivity contribution in [3.63, 3.8) is 0 Å². The van der Waals surface area contributed by atoms with E-state index in [2.05, 4.69) is 9.47 Å². The van der Waals surface area contributed by atoms with Crippen LogP contribution in [0.2, 0.25) is 0 Å². The molecule has 5 heteroatoms. The molecule has 0 aliphatic rings. The van der Waals surface area contributed by atoms with Gasteiger partial charge in [-0.1, -0.05) is 0 Å². The van der Waals surface area contributed by atoms with Gasteiger partial charge in [-0.25, -0.2) is 9.18 Å². The number of hydrogen-bond acceptors (Lipinski definition) is 4. The highest BCUT2D eigenvalue weighted by Crippen LogP contribution is 1.81. The third kappa shape index (κ3) is 5.02.